The van der Waals surface area contributed by atoms with E-state index in [4.69, 9.17) is 4.74 Å². The van der Waals surface area contributed by atoms with Gasteiger partial charge in [0.25, 0.3) is 5.91 Å². The zero-order chi connectivity index (χ0) is 20.8. The number of anilines is 3. The molecule has 0 unspecified atom stereocenters. The lowest BCUT2D eigenvalue weighted by molar-refractivity contribution is -0.119. The molecule has 1 aromatic heterocycles. The Kier molecular flexibility index (Phi) is 6.67. The molecule has 0 bridgehead atoms. The van der Waals surface area contributed by atoms with E-state index in [1.54, 1.807) is 0 Å². The maximum atomic E-state index is 12.1. The largest absolute Gasteiger partial charge is 0.451 e. The van der Waals surface area contributed by atoms with Crippen LogP contribution in [0.25, 0.3) is 0 Å². The van der Waals surface area contributed by atoms with Crippen molar-refractivity contribution in [1.29, 1.82) is 0 Å². The van der Waals surface area contributed by atoms with Crippen molar-refractivity contribution in [3.05, 3.63) is 76.5 Å². The molecule has 5 nitrogen and oxygen atoms in total. The number of esters is 1. The Morgan fingerprint density at radius 2 is 1.66 bits per heavy atom. The van der Waals surface area contributed by atoms with E-state index in [0.717, 1.165) is 16.9 Å². The van der Waals surface area contributed by atoms with Crippen LogP contribution in [-0.2, 0) is 9.53 Å². The van der Waals surface area contributed by atoms with Gasteiger partial charge >= 0.3 is 5.97 Å². The summed E-state index contributed by atoms with van der Waals surface area (Å²) in [6, 6.07) is 19.9. The van der Waals surface area contributed by atoms with Gasteiger partial charge in [-0.3, -0.25) is 4.79 Å². The summed E-state index contributed by atoms with van der Waals surface area (Å²) in [4.78, 5) is 26.9. The van der Waals surface area contributed by atoms with Gasteiger partial charge in [-0.15, -0.1) is 11.3 Å². The number of hydrogen-bond acceptors (Lipinski definition) is 5. The van der Waals surface area contributed by atoms with Crippen LogP contribution in [-0.4, -0.2) is 24.5 Å². The van der Waals surface area contributed by atoms with Crippen LogP contribution < -0.4 is 10.2 Å². The predicted molar refractivity (Wildman–Crippen MR) is 118 cm³/mol. The zero-order valence-corrected chi connectivity index (χ0v) is 17.5. The monoisotopic (exact) mass is 408 g/mol. The summed E-state index contributed by atoms with van der Waals surface area (Å²) in [5.41, 5.74) is 3.64. The minimum atomic E-state index is -0.474. The number of nitrogens with zero attached hydrogens (tertiary/aromatic N) is 1. The van der Waals surface area contributed by atoms with Crippen LogP contribution in [0.2, 0.25) is 0 Å². The van der Waals surface area contributed by atoms with E-state index in [9.17, 15) is 9.59 Å². The first-order valence-corrected chi connectivity index (χ1v) is 10.3. The van der Waals surface area contributed by atoms with Gasteiger partial charge in [0.2, 0.25) is 0 Å². The number of hydrogen-bond donors (Lipinski definition) is 1. The standard InChI is InChI=1S/C23H24N2O3S/c1-16(2)25(19-7-5-4-6-8-19)20-11-9-18(10-12-20)24-21(26)15-28-23(27)22-17(3)13-14-29-22/h4-14,16H,15H2,1-3H3,(H,24,26). The average molecular weight is 409 g/mol. The molecule has 0 aliphatic carbocycles. The average Bonchev–Trinajstić information content (AvgIpc) is 3.14. The van der Waals surface area contributed by atoms with Crippen molar-refractivity contribution in [2.45, 2.75) is 26.8 Å². The molecule has 6 heteroatoms. The Morgan fingerprint density at radius 1 is 1.00 bits per heavy atom. The second kappa shape index (κ2) is 9.39. The SMILES string of the molecule is Cc1ccsc1C(=O)OCC(=O)Nc1ccc(N(c2ccccc2)C(C)C)cc1. The van der Waals surface area contributed by atoms with E-state index in [0.29, 0.717) is 10.6 Å². The fourth-order valence-corrected chi connectivity index (χ4v) is 3.83. The minimum Gasteiger partial charge on any atom is -0.451 e. The number of carbonyl (C=O) groups excluding carboxylic acids is 2. The first kappa shape index (κ1) is 20.6. The molecule has 3 rings (SSSR count). The van der Waals surface area contributed by atoms with Crippen molar-refractivity contribution < 1.29 is 14.3 Å². The lowest BCUT2D eigenvalue weighted by Crippen LogP contribution is -2.25. The summed E-state index contributed by atoms with van der Waals surface area (Å²) >= 11 is 1.31. The van der Waals surface area contributed by atoms with Crippen LogP contribution in [0.1, 0.15) is 29.1 Å². The molecule has 29 heavy (non-hydrogen) atoms. The second-order valence-corrected chi connectivity index (χ2v) is 7.82. The summed E-state index contributed by atoms with van der Waals surface area (Å²) in [7, 11) is 0. The molecule has 0 aliphatic rings. The molecule has 1 amide bonds. The highest BCUT2D eigenvalue weighted by atomic mass is 32.1. The highest BCUT2D eigenvalue weighted by Crippen LogP contribution is 2.28. The highest BCUT2D eigenvalue weighted by molar-refractivity contribution is 7.12. The number of ether oxygens (including phenoxy) is 1. The van der Waals surface area contributed by atoms with Gasteiger partial charge < -0.3 is 15.0 Å². The smallest absolute Gasteiger partial charge is 0.349 e. The van der Waals surface area contributed by atoms with E-state index in [1.165, 1.54) is 11.3 Å². The normalized spacial score (nSPS) is 10.6. The number of nitrogens with one attached hydrogen (secondary N) is 1. The Hall–Kier alpha value is -3.12. The maximum absolute atomic E-state index is 12.1. The molecule has 0 fully saturated rings. The van der Waals surface area contributed by atoms with Gasteiger partial charge in [0.1, 0.15) is 4.88 Å². The summed E-state index contributed by atoms with van der Waals surface area (Å²) in [6.07, 6.45) is 0. The second-order valence-electron chi connectivity index (χ2n) is 6.90. The van der Waals surface area contributed by atoms with Crippen molar-refractivity contribution in [3.63, 3.8) is 0 Å². The van der Waals surface area contributed by atoms with Crippen LogP contribution in [0.15, 0.2) is 66.0 Å². The molecule has 1 N–H and O–H groups in total. The van der Waals surface area contributed by atoms with E-state index in [-0.39, 0.29) is 18.6 Å². The molecular weight excluding hydrogens is 384 g/mol. The molecule has 2 aromatic carbocycles. The molecule has 0 radical (unpaired) electrons. The molecule has 0 saturated carbocycles. The van der Waals surface area contributed by atoms with Crippen LogP contribution in [0, 0.1) is 6.92 Å². The Labute approximate surface area is 174 Å². The minimum absolute atomic E-state index is 0.276. The lowest BCUT2D eigenvalue weighted by atomic mass is 10.2. The molecule has 0 spiro atoms. The van der Waals surface area contributed by atoms with Crippen LogP contribution in [0.3, 0.4) is 0 Å². The van der Waals surface area contributed by atoms with Crippen LogP contribution in [0.4, 0.5) is 17.1 Å². The molecule has 0 atom stereocenters. The Balaban J connectivity index is 1.60. The fourth-order valence-electron chi connectivity index (χ4n) is 3.01. The van der Waals surface area contributed by atoms with Crippen LogP contribution in [0.5, 0.6) is 0 Å². The number of rotatable bonds is 7. The maximum Gasteiger partial charge on any atom is 0.349 e. The van der Waals surface area contributed by atoms with Gasteiger partial charge in [-0.25, -0.2) is 4.79 Å². The first-order chi connectivity index (χ1) is 14.0. The number of aryl methyl sites for hydroxylation is 1. The van der Waals surface area contributed by atoms with Gasteiger partial charge in [0.15, 0.2) is 6.61 Å². The van der Waals surface area contributed by atoms with Gasteiger partial charge in [-0.05, 0) is 74.2 Å². The number of thiophene rings is 1. The van der Waals surface area contributed by atoms with E-state index < -0.39 is 5.97 Å². The summed E-state index contributed by atoms with van der Waals surface area (Å²) < 4.78 is 5.10. The molecule has 1 heterocycles. The van der Waals surface area contributed by atoms with E-state index in [1.807, 2.05) is 60.8 Å². The molecule has 150 valence electrons. The summed E-state index contributed by atoms with van der Waals surface area (Å²) in [5.74, 6) is -0.845. The van der Waals surface area contributed by atoms with Crippen molar-refractivity contribution in [1.82, 2.24) is 0 Å². The lowest BCUT2D eigenvalue weighted by Gasteiger charge is -2.29. The van der Waals surface area contributed by atoms with Gasteiger partial charge in [-0.1, -0.05) is 18.2 Å². The quantitative estimate of drug-likeness (QED) is 0.532. The zero-order valence-electron chi connectivity index (χ0n) is 16.7. The third kappa shape index (κ3) is 5.23. The summed E-state index contributed by atoms with van der Waals surface area (Å²) in [5, 5.41) is 4.58. The molecule has 0 aliphatic heterocycles. The predicted octanol–water partition coefficient (Wildman–Crippen LogP) is 5.40. The third-order valence-electron chi connectivity index (χ3n) is 4.36. The number of carbonyl (C=O) groups is 2. The summed E-state index contributed by atoms with van der Waals surface area (Å²) in [6.45, 7) is 5.78. The number of para-hydroxylation sites is 1. The topological polar surface area (TPSA) is 58.6 Å². The number of amides is 1. The van der Waals surface area contributed by atoms with Gasteiger partial charge in [0.05, 0.1) is 0 Å². The number of benzene rings is 2. The van der Waals surface area contributed by atoms with Crippen molar-refractivity contribution in [2.75, 3.05) is 16.8 Å². The molecule has 0 saturated heterocycles. The third-order valence-corrected chi connectivity index (χ3v) is 5.36. The van der Waals surface area contributed by atoms with Crippen LogP contribution >= 0.6 is 11.3 Å². The van der Waals surface area contributed by atoms with Crippen molar-refractivity contribution >= 4 is 40.3 Å². The highest BCUT2D eigenvalue weighted by Gasteiger charge is 2.15. The fraction of sp³-hybridized carbons (Fsp3) is 0.217. The Morgan fingerprint density at radius 3 is 2.24 bits per heavy atom. The molecular formula is C23H24N2O3S. The van der Waals surface area contributed by atoms with Gasteiger partial charge in [-0.2, -0.15) is 0 Å². The van der Waals surface area contributed by atoms with Gasteiger partial charge in [0, 0.05) is 23.1 Å². The van der Waals surface area contributed by atoms with Crippen molar-refractivity contribution in [3.8, 4) is 0 Å². The molecule has 3 aromatic rings. The van der Waals surface area contributed by atoms with E-state index >= 15 is 0 Å². The van der Waals surface area contributed by atoms with E-state index in [2.05, 4.69) is 36.2 Å². The van der Waals surface area contributed by atoms with Crippen molar-refractivity contribution in [2.24, 2.45) is 0 Å². The first-order valence-electron chi connectivity index (χ1n) is 9.41. The Bertz CT molecular complexity index is 965.